The highest BCUT2D eigenvalue weighted by atomic mass is 16.5. The van der Waals surface area contributed by atoms with Gasteiger partial charge in [0.25, 0.3) is 0 Å². The van der Waals surface area contributed by atoms with Gasteiger partial charge in [0.15, 0.2) is 0 Å². The maximum absolute atomic E-state index is 5.67. The highest BCUT2D eigenvalue weighted by molar-refractivity contribution is 4.78. The fourth-order valence-electron chi connectivity index (χ4n) is 0.797. The molecule has 0 aromatic heterocycles. The van der Waals surface area contributed by atoms with Crippen LogP contribution >= 0.6 is 0 Å². The van der Waals surface area contributed by atoms with E-state index < -0.39 is 0 Å². The summed E-state index contributed by atoms with van der Waals surface area (Å²) in [5, 5.41) is 0. The third kappa shape index (κ3) is 3.21. The van der Waals surface area contributed by atoms with E-state index in [4.69, 9.17) is 10.5 Å². The second-order valence-electron chi connectivity index (χ2n) is 3.65. The summed E-state index contributed by atoms with van der Waals surface area (Å²) in [6.45, 7) is 10.8. The minimum Gasteiger partial charge on any atom is -0.381 e. The summed E-state index contributed by atoms with van der Waals surface area (Å²) < 4.78 is 5.37. The average Bonchev–Trinajstić information content (AvgIpc) is 2.00. The zero-order valence-electron chi connectivity index (χ0n) is 8.18. The Labute approximate surface area is 70.1 Å². The predicted octanol–water partition coefficient (Wildman–Crippen LogP) is 1.64. The van der Waals surface area contributed by atoms with Gasteiger partial charge in [0.2, 0.25) is 0 Å². The normalized spacial score (nSPS) is 16.9. The molecule has 2 nitrogen and oxygen atoms in total. The lowest BCUT2D eigenvalue weighted by molar-refractivity contribution is 0.0382. The molecule has 0 spiro atoms. The number of hydrogen-bond acceptors (Lipinski definition) is 2. The summed E-state index contributed by atoms with van der Waals surface area (Å²) in [5.41, 5.74) is 5.82. The first-order valence-electron chi connectivity index (χ1n) is 4.34. The number of ether oxygens (including phenoxy) is 1. The smallest absolute Gasteiger partial charge is 0.0534 e. The van der Waals surface area contributed by atoms with Crippen molar-refractivity contribution < 1.29 is 4.74 Å². The fourth-order valence-corrected chi connectivity index (χ4v) is 0.797. The largest absolute Gasteiger partial charge is 0.381 e. The van der Waals surface area contributed by atoms with Gasteiger partial charge in [-0.05, 0) is 12.8 Å². The van der Waals surface area contributed by atoms with Gasteiger partial charge < -0.3 is 10.5 Å². The topological polar surface area (TPSA) is 35.2 Å². The first-order valence-corrected chi connectivity index (χ1v) is 4.34. The lowest BCUT2D eigenvalue weighted by Gasteiger charge is -2.31. The molecule has 0 saturated heterocycles. The lowest BCUT2D eigenvalue weighted by Crippen LogP contribution is -2.37. The highest BCUT2D eigenvalue weighted by Gasteiger charge is 2.26. The van der Waals surface area contributed by atoms with E-state index in [9.17, 15) is 0 Å². The van der Waals surface area contributed by atoms with E-state index in [1.807, 2.05) is 6.92 Å². The molecule has 2 heteroatoms. The quantitative estimate of drug-likeness (QED) is 0.662. The molecular formula is C9H21NO. The van der Waals surface area contributed by atoms with Crippen LogP contribution in [0, 0.1) is 11.3 Å². The Morgan fingerprint density at radius 1 is 1.45 bits per heavy atom. The minimum atomic E-state index is 0.149. The number of nitrogens with two attached hydrogens (primary N) is 1. The van der Waals surface area contributed by atoms with Crippen LogP contribution in [0.4, 0.5) is 0 Å². The van der Waals surface area contributed by atoms with Gasteiger partial charge in [0.1, 0.15) is 0 Å². The average molecular weight is 159 g/mol. The van der Waals surface area contributed by atoms with Gasteiger partial charge in [-0.2, -0.15) is 0 Å². The minimum absolute atomic E-state index is 0.149. The van der Waals surface area contributed by atoms with Crippen LogP contribution in [0.3, 0.4) is 0 Å². The molecule has 0 aliphatic rings. The monoisotopic (exact) mass is 159 g/mol. The Kier molecular flexibility index (Phi) is 4.69. The maximum Gasteiger partial charge on any atom is 0.0534 e. The van der Waals surface area contributed by atoms with Crippen LogP contribution < -0.4 is 5.73 Å². The summed E-state index contributed by atoms with van der Waals surface area (Å²) in [5.74, 6) is 0.582. The van der Waals surface area contributed by atoms with E-state index in [2.05, 4.69) is 20.8 Å². The van der Waals surface area contributed by atoms with Crippen LogP contribution in [-0.4, -0.2) is 19.8 Å². The highest BCUT2D eigenvalue weighted by Crippen LogP contribution is 2.25. The Balaban J connectivity index is 3.88. The number of rotatable bonds is 5. The van der Waals surface area contributed by atoms with E-state index in [0.29, 0.717) is 12.5 Å². The van der Waals surface area contributed by atoms with E-state index in [-0.39, 0.29) is 5.41 Å². The van der Waals surface area contributed by atoms with Gasteiger partial charge in [-0.15, -0.1) is 0 Å². The Bertz CT molecular complexity index is 104. The summed E-state index contributed by atoms with van der Waals surface area (Å²) in [6.07, 6.45) is 0. The van der Waals surface area contributed by atoms with Crippen molar-refractivity contribution in [2.45, 2.75) is 27.7 Å². The van der Waals surface area contributed by atoms with Gasteiger partial charge in [-0.1, -0.05) is 20.8 Å². The van der Waals surface area contributed by atoms with Crippen molar-refractivity contribution in [3.63, 3.8) is 0 Å². The molecule has 1 atom stereocenters. The molecule has 11 heavy (non-hydrogen) atoms. The molecule has 0 aromatic rings. The Hall–Kier alpha value is -0.0800. The molecular weight excluding hydrogens is 138 g/mol. The van der Waals surface area contributed by atoms with Crippen LogP contribution in [0.25, 0.3) is 0 Å². The molecule has 0 amide bonds. The summed E-state index contributed by atoms with van der Waals surface area (Å²) in [7, 11) is 0. The molecule has 68 valence electrons. The van der Waals surface area contributed by atoms with Crippen LogP contribution in [0.15, 0.2) is 0 Å². The van der Waals surface area contributed by atoms with Crippen molar-refractivity contribution in [3.8, 4) is 0 Å². The van der Waals surface area contributed by atoms with Crippen molar-refractivity contribution in [2.24, 2.45) is 17.1 Å². The Morgan fingerprint density at radius 2 is 2.00 bits per heavy atom. The van der Waals surface area contributed by atoms with E-state index in [0.717, 1.165) is 13.2 Å². The van der Waals surface area contributed by atoms with Crippen LogP contribution in [0.2, 0.25) is 0 Å². The predicted molar refractivity (Wildman–Crippen MR) is 48.5 cm³/mol. The standard InChI is InChI=1S/C9H21NO/c1-5-11-7-9(4,6-10)8(2)3/h8H,5-7,10H2,1-4H3. The Morgan fingerprint density at radius 3 is 2.27 bits per heavy atom. The molecule has 1 unspecified atom stereocenters. The van der Waals surface area contributed by atoms with Crippen molar-refractivity contribution in [1.82, 2.24) is 0 Å². The second kappa shape index (κ2) is 4.73. The first-order chi connectivity index (χ1) is 5.06. The molecule has 0 aliphatic heterocycles. The van der Waals surface area contributed by atoms with Gasteiger partial charge in [-0.3, -0.25) is 0 Å². The third-order valence-corrected chi connectivity index (χ3v) is 2.50. The van der Waals surface area contributed by atoms with Crippen molar-refractivity contribution >= 4 is 0 Å². The van der Waals surface area contributed by atoms with E-state index in [1.165, 1.54) is 0 Å². The SMILES string of the molecule is CCOCC(C)(CN)C(C)C. The summed E-state index contributed by atoms with van der Waals surface area (Å²) in [4.78, 5) is 0. The van der Waals surface area contributed by atoms with Gasteiger partial charge in [-0.25, -0.2) is 0 Å². The van der Waals surface area contributed by atoms with Gasteiger partial charge in [0.05, 0.1) is 6.61 Å². The van der Waals surface area contributed by atoms with Gasteiger partial charge >= 0.3 is 0 Å². The zero-order chi connectivity index (χ0) is 8.91. The molecule has 0 bridgehead atoms. The van der Waals surface area contributed by atoms with E-state index >= 15 is 0 Å². The zero-order valence-corrected chi connectivity index (χ0v) is 8.18. The van der Waals surface area contributed by atoms with Crippen LogP contribution in [0.5, 0.6) is 0 Å². The second-order valence-corrected chi connectivity index (χ2v) is 3.65. The molecule has 0 fully saturated rings. The molecule has 0 rings (SSSR count). The maximum atomic E-state index is 5.67. The molecule has 0 radical (unpaired) electrons. The lowest BCUT2D eigenvalue weighted by atomic mass is 9.80. The third-order valence-electron chi connectivity index (χ3n) is 2.50. The van der Waals surface area contributed by atoms with Gasteiger partial charge in [0, 0.05) is 18.6 Å². The van der Waals surface area contributed by atoms with E-state index in [1.54, 1.807) is 0 Å². The van der Waals surface area contributed by atoms with Crippen molar-refractivity contribution in [3.05, 3.63) is 0 Å². The molecule has 0 heterocycles. The van der Waals surface area contributed by atoms with Crippen LogP contribution in [-0.2, 0) is 4.74 Å². The van der Waals surface area contributed by atoms with Crippen LogP contribution in [0.1, 0.15) is 27.7 Å². The molecule has 0 aromatic carbocycles. The molecule has 0 saturated carbocycles. The van der Waals surface area contributed by atoms with Crippen molar-refractivity contribution in [2.75, 3.05) is 19.8 Å². The molecule has 0 aliphatic carbocycles. The number of hydrogen-bond donors (Lipinski definition) is 1. The summed E-state index contributed by atoms with van der Waals surface area (Å²) >= 11 is 0. The van der Waals surface area contributed by atoms with Crippen molar-refractivity contribution in [1.29, 1.82) is 0 Å². The molecule has 2 N–H and O–H groups in total. The fraction of sp³-hybridized carbons (Fsp3) is 1.00. The summed E-state index contributed by atoms with van der Waals surface area (Å²) in [6, 6.07) is 0. The first kappa shape index (κ1) is 10.9.